The van der Waals surface area contributed by atoms with E-state index in [1.165, 1.54) is 13.3 Å². The topological polar surface area (TPSA) is 75.9 Å². The Hall–Kier alpha value is -1.61. The molecule has 1 heterocycles. The third kappa shape index (κ3) is 3.20. The van der Waals surface area contributed by atoms with E-state index >= 15 is 0 Å². The maximum absolute atomic E-state index is 11.3. The van der Waals surface area contributed by atoms with Gasteiger partial charge in [0.2, 0.25) is 0 Å². The average molecular weight is 263 g/mol. The van der Waals surface area contributed by atoms with Gasteiger partial charge in [0.25, 0.3) is 0 Å². The number of thioether (sulfide) groups is 1. The lowest BCUT2D eigenvalue weighted by atomic mass is 10.1. The minimum absolute atomic E-state index is 0.0767. The SMILES string of the molecule is COC(=O)CC1(CSc2cnc(C#N)cn2)CC1. The zero-order valence-electron chi connectivity index (χ0n) is 10.0. The molecule has 1 aromatic heterocycles. The van der Waals surface area contributed by atoms with Crippen LogP contribution in [0.5, 0.6) is 0 Å². The summed E-state index contributed by atoms with van der Waals surface area (Å²) >= 11 is 1.57. The van der Waals surface area contributed by atoms with E-state index in [9.17, 15) is 4.79 Å². The molecule has 0 bridgehead atoms. The van der Waals surface area contributed by atoms with Crippen molar-refractivity contribution in [1.29, 1.82) is 5.26 Å². The molecule has 1 fully saturated rings. The monoisotopic (exact) mass is 263 g/mol. The third-order valence-electron chi connectivity index (χ3n) is 2.97. The molecule has 0 radical (unpaired) electrons. The van der Waals surface area contributed by atoms with Gasteiger partial charge in [-0.25, -0.2) is 9.97 Å². The fraction of sp³-hybridized carbons (Fsp3) is 0.500. The molecule has 0 aromatic carbocycles. The summed E-state index contributed by atoms with van der Waals surface area (Å²) in [6, 6.07) is 1.93. The van der Waals surface area contributed by atoms with Gasteiger partial charge in [0.15, 0.2) is 5.69 Å². The number of hydrogen-bond acceptors (Lipinski definition) is 6. The van der Waals surface area contributed by atoms with Gasteiger partial charge in [0, 0.05) is 5.75 Å². The standard InChI is InChI=1S/C12H13N3O2S/c1-17-11(16)4-12(2-3-12)8-18-10-7-14-9(5-13)6-15-10/h6-7H,2-4,8H2,1H3. The van der Waals surface area contributed by atoms with E-state index in [1.807, 2.05) is 6.07 Å². The van der Waals surface area contributed by atoms with E-state index in [2.05, 4.69) is 9.97 Å². The smallest absolute Gasteiger partial charge is 0.306 e. The van der Waals surface area contributed by atoms with Crippen LogP contribution in [0.25, 0.3) is 0 Å². The first-order valence-corrected chi connectivity index (χ1v) is 6.58. The maximum atomic E-state index is 11.3. The van der Waals surface area contributed by atoms with Gasteiger partial charge in [0.1, 0.15) is 11.1 Å². The molecule has 1 aromatic rings. The van der Waals surface area contributed by atoms with Crippen LogP contribution in [0.2, 0.25) is 0 Å². The van der Waals surface area contributed by atoms with Crippen LogP contribution >= 0.6 is 11.8 Å². The van der Waals surface area contributed by atoms with Gasteiger partial charge in [-0.1, -0.05) is 0 Å². The first-order chi connectivity index (χ1) is 8.67. The van der Waals surface area contributed by atoms with E-state index < -0.39 is 0 Å². The minimum Gasteiger partial charge on any atom is -0.469 e. The first kappa shape index (κ1) is 12.8. The van der Waals surface area contributed by atoms with Crippen molar-refractivity contribution in [2.75, 3.05) is 12.9 Å². The number of methoxy groups -OCH3 is 1. The predicted octanol–water partition coefficient (Wildman–Crippen LogP) is 1.78. The number of hydrogen-bond donors (Lipinski definition) is 0. The molecule has 0 atom stereocenters. The van der Waals surface area contributed by atoms with Crippen LogP contribution in [0.3, 0.4) is 0 Å². The molecule has 5 nitrogen and oxygen atoms in total. The molecule has 0 spiro atoms. The fourth-order valence-corrected chi connectivity index (χ4v) is 2.70. The van der Waals surface area contributed by atoms with Gasteiger partial charge in [0.05, 0.1) is 25.9 Å². The predicted molar refractivity (Wildman–Crippen MR) is 65.8 cm³/mol. The number of carbonyl (C=O) groups is 1. The molecule has 0 saturated heterocycles. The van der Waals surface area contributed by atoms with Crippen molar-refractivity contribution in [3.05, 3.63) is 18.1 Å². The number of rotatable bonds is 5. The van der Waals surface area contributed by atoms with Crippen LogP contribution in [0.15, 0.2) is 17.4 Å². The van der Waals surface area contributed by atoms with Crippen molar-refractivity contribution >= 4 is 17.7 Å². The summed E-state index contributed by atoms with van der Waals surface area (Å²) < 4.78 is 4.70. The average Bonchev–Trinajstić information content (AvgIpc) is 3.17. The Kier molecular flexibility index (Phi) is 3.82. The van der Waals surface area contributed by atoms with Gasteiger partial charge in [-0.05, 0) is 18.3 Å². The lowest BCUT2D eigenvalue weighted by molar-refractivity contribution is -0.141. The van der Waals surface area contributed by atoms with Crippen LogP contribution in [-0.4, -0.2) is 28.8 Å². The summed E-state index contributed by atoms with van der Waals surface area (Å²) in [4.78, 5) is 19.4. The Morgan fingerprint density at radius 1 is 1.56 bits per heavy atom. The Balaban J connectivity index is 1.87. The van der Waals surface area contributed by atoms with Crippen molar-refractivity contribution < 1.29 is 9.53 Å². The number of esters is 1. The molecule has 0 aliphatic heterocycles. The molecule has 0 amide bonds. The number of ether oxygens (including phenoxy) is 1. The lowest BCUT2D eigenvalue weighted by Crippen LogP contribution is -2.13. The second kappa shape index (κ2) is 5.36. The molecule has 1 aliphatic carbocycles. The number of aromatic nitrogens is 2. The Labute approximate surface area is 110 Å². The van der Waals surface area contributed by atoms with Crippen LogP contribution in [0.1, 0.15) is 25.0 Å². The maximum Gasteiger partial charge on any atom is 0.306 e. The summed E-state index contributed by atoms with van der Waals surface area (Å²) in [7, 11) is 1.41. The van der Waals surface area contributed by atoms with Gasteiger partial charge < -0.3 is 4.74 Å². The quantitative estimate of drug-likeness (QED) is 0.595. The lowest BCUT2D eigenvalue weighted by Gasteiger charge is -2.12. The zero-order chi connectivity index (χ0) is 13.0. The number of nitriles is 1. The van der Waals surface area contributed by atoms with Crippen LogP contribution in [0.4, 0.5) is 0 Å². The summed E-state index contributed by atoms with van der Waals surface area (Å²) in [5.41, 5.74) is 0.392. The van der Waals surface area contributed by atoms with Crippen molar-refractivity contribution in [3.63, 3.8) is 0 Å². The van der Waals surface area contributed by atoms with E-state index in [1.54, 1.807) is 18.0 Å². The van der Waals surface area contributed by atoms with Crippen molar-refractivity contribution in [2.24, 2.45) is 5.41 Å². The Morgan fingerprint density at radius 3 is 2.83 bits per heavy atom. The van der Waals surface area contributed by atoms with Crippen LogP contribution < -0.4 is 0 Å². The second-order valence-electron chi connectivity index (χ2n) is 4.39. The highest BCUT2D eigenvalue weighted by Crippen LogP contribution is 2.51. The van der Waals surface area contributed by atoms with Gasteiger partial charge in [-0.3, -0.25) is 4.79 Å². The van der Waals surface area contributed by atoms with Crippen LogP contribution in [-0.2, 0) is 9.53 Å². The fourth-order valence-electron chi connectivity index (χ4n) is 1.60. The van der Waals surface area contributed by atoms with Crippen molar-refractivity contribution in [3.8, 4) is 6.07 Å². The van der Waals surface area contributed by atoms with Crippen molar-refractivity contribution in [1.82, 2.24) is 9.97 Å². The van der Waals surface area contributed by atoms with Gasteiger partial charge in [-0.15, -0.1) is 11.8 Å². The normalized spacial score (nSPS) is 15.8. The van der Waals surface area contributed by atoms with E-state index in [4.69, 9.17) is 10.00 Å². The third-order valence-corrected chi connectivity index (χ3v) is 4.24. The molecule has 6 heteroatoms. The highest BCUT2D eigenvalue weighted by molar-refractivity contribution is 7.99. The molecule has 0 unspecified atom stereocenters. The minimum atomic E-state index is -0.154. The summed E-state index contributed by atoms with van der Waals surface area (Å²) in [5, 5.41) is 9.40. The zero-order valence-corrected chi connectivity index (χ0v) is 10.9. The molecule has 94 valence electrons. The highest BCUT2D eigenvalue weighted by Gasteiger charge is 2.44. The number of carbonyl (C=O) groups excluding carboxylic acids is 1. The molecule has 18 heavy (non-hydrogen) atoms. The van der Waals surface area contributed by atoms with Crippen LogP contribution in [0, 0.1) is 16.7 Å². The molecule has 1 saturated carbocycles. The molecule has 0 N–H and O–H groups in total. The summed E-state index contributed by atoms with van der Waals surface area (Å²) in [6.45, 7) is 0. The number of nitrogens with zero attached hydrogens (tertiary/aromatic N) is 3. The van der Waals surface area contributed by atoms with E-state index in [0.29, 0.717) is 12.1 Å². The molecular formula is C12H13N3O2S. The summed E-state index contributed by atoms with van der Waals surface area (Å²) in [5.74, 6) is 0.682. The van der Waals surface area contributed by atoms with E-state index in [-0.39, 0.29) is 11.4 Å². The second-order valence-corrected chi connectivity index (χ2v) is 5.39. The van der Waals surface area contributed by atoms with Gasteiger partial charge in [-0.2, -0.15) is 5.26 Å². The molecule has 2 rings (SSSR count). The van der Waals surface area contributed by atoms with Gasteiger partial charge >= 0.3 is 5.97 Å². The molecule has 1 aliphatic rings. The Morgan fingerprint density at radius 2 is 2.33 bits per heavy atom. The molecular weight excluding hydrogens is 250 g/mol. The summed E-state index contributed by atoms with van der Waals surface area (Å²) in [6.07, 6.45) is 5.64. The van der Waals surface area contributed by atoms with E-state index in [0.717, 1.165) is 23.6 Å². The Bertz CT molecular complexity index is 477. The largest absolute Gasteiger partial charge is 0.469 e. The van der Waals surface area contributed by atoms with Crippen molar-refractivity contribution in [2.45, 2.75) is 24.3 Å². The first-order valence-electron chi connectivity index (χ1n) is 5.59. The highest BCUT2D eigenvalue weighted by atomic mass is 32.2.